The molecule has 4 rings (SSSR count). The van der Waals surface area contributed by atoms with Crippen molar-refractivity contribution in [2.75, 3.05) is 19.0 Å². The van der Waals surface area contributed by atoms with Crippen molar-refractivity contribution in [2.24, 2.45) is 0 Å². The average Bonchev–Trinajstić information content (AvgIpc) is 3.39. The number of rotatable bonds is 7. The van der Waals surface area contributed by atoms with Crippen LogP contribution in [0.1, 0.15) is 41.8 Å². The molecule has 148 valence electrons. The third-order valence-electron chi connectivity index (χ3n) is 4.99. The van der Waals surface area contributed by atoms with Crippen LogP contribution in [-0.2, 0) is 17.9 Å². The van der Waals surface area contributed by atoms with E-state index in [0.717, 1.165) is 54.7 Å². The van der Waals surface area contributed by atoms with Gasteiger partial charge in [-0.25, -0.2) is 9.97 Å². The van der Waals surface area contributed by atoms with Gasteiger partial charge in [-0.15, -0.1) is 0 Å². The molecule has 0 bridgehead atoms. The van der Waals surface area contributed by atoms with Crippen molar-refractivity contribution in [3.05, 3.63) is 71.6 Å². The standard InChI is InChI=1S/C22H23N5O2/c1-28-15-19-10-9-18(29-19)14-27-11-3-5-21(27)20-4-2-6-22(26-20)25-17-8-7-16(12-23)24-13-17/h2,4,6-10,13,21H,3,5,11,14-15H2,1H3,(H,25,26)/t21-/m0/s1. The number of likely N-dealkylation sites (tertiary alicyclic amines) is 1. The Hall–Kier alpha value is -3.21. The summed E-state index contributed by atoms with van der Waals surface area (Å²) in [5.74, 6) is 2.56. The molecule has 3 aromatic rings. The number of nitrogens with zero attached hydrogens (tertiary/aromatic N) is 4. The zero-order valence-corrected chi connectivity index (χ0v) is 16.3. The quantitative estimate of drug-likeness (QED) is 0.649. The van der Waals surface area contributed by atoms with E-state index in [1.165, 1.54) is 0 Å². The maximum Gasteiger partial charge on any atom is 0.140 e. The molecule has 7 nitrogen and oxygen atoms in total. The molecule has 1 saturated heterocycles. The van der Waals surface area contributed by atoms with Crippen molar-refractivity contribution in [1.82, 2.24) is 14.9 Å². The summed E-state index contributed by atoms with van der Waals surface area (Å²) in [7, 11) is 1.67. The van der Waals surface area contributed by atoms with E-state index in [1.807, 2.05) is 36.4 Å². The van der Waals surface area contributed by atoms with Gasteiger partial charge in [0.05, 0.1) is 30.2 Å². The molecule has 0 unspecified atom stereocenters. The molecular weight excluding hydrogens is 366 g/mol. The van der Waals surface area contributed by atoms with E-state index < -0.39 is 0 Å². The molecule has 0 aromatic carbocycles. The number of ether oxygens (including phenoxy) is 1. The molecule has 0 aliphatic carbocycles. The fourth-order valence-corrected chi connectivity index (χ4v) is 3.67. The Balaban J connectivity index is 1.46. The highest BCUT2D eigenvalue weighted by Crippen LogP contribution is 2.33. The van der Waals surface area contributed by atoms with Gasteiger partial charge in [0.1, 0.15) is 35.7 Å². The maximum atomic E-state index is 8.87. The number of hydrogen-bond acceptors (Lipinski definition) is 7. The zero-order valence-electron chi connectivity index (χ0n) is 16.3. The number of nitrogens with one attached hydrogen (secondary N) is 1. The lowest BCUT2D eigenvalue weighted by Gasteiger charge is -2.23. The number of furan rings is 1. The molecule has 1 aliphatic heterocycles. The number of hydrogen-bond donors (Lipinski definition) is 1. The summed E-state index contributed by atoms with van der Waals surface area (Å²) in [5, 5.41) is 12.1. The molecule has 0 amide bonds. The fraction of sp³-hybridized carbons (Fsp3) is 0.318. The zero-order chi connectivity index (χ0) is 20.1. The molecule has 0 spiro atoms. The Kier molecular flexibility index (Phi) is 5.84. The van der Waals surface area contributed by atoms with Gasteiger partial charge in [0.15, 0.2) is 0 Å². The van der Waals surface area contributed by atoms with Crippen LogP contribution in [-0.4, -0.2) is 28.5 Å². The summed E-state index contributed by atoms with van der Waals surface area (Å²) in [6, 6.07) is 15.8. The van der Waals surface area contributed by atoms with Gasteiger partial charge in [-0.05, 0) is 55.8 Å². The van der Waals surface area contributed by atoms with Gasteiger partial charge in [0.2, 0.25) is 0 Å². The van der Waals surface area contributed by atoms with Gasteiger partial charge in [0.25, 0.3) is 0 Å². The second-order valence-electron chi connectivity index (χ2n) is 7.05. The van der Waals surface area contributed by atoms with Crippen molar-refractivity contribution in [3.63, 3.8) is 0 Å². The lowest BCUT2D eigenvalue weighted by molar-refractivity contribution is 0.158. The molecule has 4 heterocycles. The van der Waals surface area contributed by atoms with E-state index in [4.69, 9.17) is 19.4 Å². The molecule has 1 atom stereocenters. The van der Waals surface area contributed by atoms with E-state index in [-0.39, 0.29) is 6.04 Å². The van der Waals surface area contributed by atoms with Crippen LogP contribution in [0.4, 0.5) is 11.5 Å². The minimum atomic E-state index is 0.256. The molecule has 3 aromatic heterocycles. The topological polar surface area (TPSA) is 87.2 Å². The van der Waals surface area contributed by atoms with Gasteiger partial charge in [-0.1, -0.05) is 6.07 Å². The summed E-state index contributed by atoms with van der Waals surface area (Å²) in [6.45, 7) is 2.26. The molecular formula is C22H23N5O2. The third kappa shape index (κ3) is 4.62. The molecule has 1 N–H and O–H groups in total. The highest BCUT2D eigenvalue weighted by molar-refractivity contribution is 5.55. The van der Waals surface area contributed by atoms with Crippen LogP contribution in [0.15, 0.2) is 53.1 Å². The number of aromatic nitrogens is 2. The normalized spacial score (nSPS) is 16.6. The van der Waals surface area contributed by atoms with Crippen LogP contribution >= 0.6 is 0 Å². The van der Waals surface area contributed by atoms with E-state index in [2.05, 4.69) is 21.3 Å². The van der Waals surface area contributed by atoms with E-state index in [1.54, 1.807) is 19.4 Å². The van der Waals surface area contributed by atoms with Crippen molar-refractivity contribution >= 4 is 11.5 Å². The largest absolute Gasteiger partial charge is 0.462 e. The Labute approximate surface area is 170 Å². The second-order valence-corrected chi connectivity index (χ2v) is 7.05. The molecule has 1 fully saturated rings. The van der Waals surface area contributed by atoms with Crippen molar-refractivity contribution in [2.45, 2.75) is 32.0 Å². The van der Waals surface area contributed by atoms with E-state index >= 15 is 0 Å². The van der Waals surface area contributed by atoms with Crippen LogP contribution in [0.5, 0.6) is 0 Å². The number of methoxy groups -OCH3 is 1. The van der Waals surface area contributed by atoms with Gasteiger partial charge < -0.3 is 14.5 Å². The highest BCUT2D eigenvalue weighted by Gasteiger charge is 2.28. The summed E-state index contributed by atoms with van der Waals surface area (Å²) in [4.78, 5) is 11.3. The smallest absolute Gasteiger partial charge is 0.140 e. The Bertz CT molecular complexity index is 993. The molecule has 29 heavy (non-hydrogen) atoms. The van der Waals surface area contributed by atoms with E-state index in [9.17, 15) is 0 Å². The lowest BCUT2D eigenvalue weighted by Crippen LogP contribution is -2.23. The van der Waals surface area contributed by atoms with Crippen LogP contribution in [0.2, 0.25) is 0 Å². The molecule has 1 aliphatic rings. The van der Waals surface area contributed by atoms with Crippen molar-refractivity contribution in [1.29, 1.82) is 5.26 Å². The molecule has 0 radical (unpaired) electrons. The van der Waals surface area contributed by atoms with Crippen molar-refractivity contribution in [3.8, 4) is 6.07 Å². The van der Waals surface area contributed by atoms with Crippen molar-refractivity contribution < 1.29 is 9.15 Å². The third-order valence-corrected chi connectivity index (χ3v) is 4.99. The van der Waals surface area contributed by atoms with Crippen LogP contribution in [0.3, 0.4) is 0 Å². The summed E-state index contributed by atoms with van der Waals surface area (Å²) in [6.07, 6.45) is 3.85. The summed E-state index contributed by atoms with van der Waals surface area (Å²) >= 11 is 0. The van der Waals surface area contributed by atoms with E-state index in [0.29, 0.717) is 12.3 Å². The number of anilines is 2. The predicted molar refractivity (Wildman–Crippen MR) is 108 cm³/mol. The first-order valence-electron chi connectivity index (χ1n) is 9.66. The SMILES string of the molecule is COCc1ccc(CN2CCC[C@H]2c2cccc(Nc3ccc(C#N)nc3)n2)o1. The van der Waals surface area contributed by atoms with Crippen LogP contribution in [0.25, 0.3) is 0 Å². The van der Waals surface area contributed by atoms with Gasteiger partial charge in [-0.2, -0.15) is 5.26 Å². The lowest BCUT2D eigenvalue weighted by atomic mass is 10.1. The van der Waals surface area contributed by atoms with Gasteiger partial charge in [-0.3, -0.25) is 4.90 Å². The highest BCUT2D eigenvalue weighted by atomic mass is 16.5. The first kappa shape index (κ1) is 19.1. The molecule has 7 heteroatoms. The van der Waals surface area contributed by atoms with Gasteiger partial charge in [0, 0.05) is 7.11 Å². The summed E-state index contributed by atoms with van der Waals surface area (Å²) < 4.78 is 11.0. The minimum absolute atomic E-state index is 0.256. The van der Waals surface area contributed by atoms with Crippen LogP contribution < -0.4 is 5.32 Å². The van der Waals surface area contributed by atoms with Gasteiger partial charge >= 0.3 is 0 Å². The first-order valence-corrected chi connectivity index (χ1v) is 9.66. The minimum Gasteiger partial charge on any atom is -0.462 e. The maximum absolute atomic E-state index is 8.87. The Morgan fingerprint density at radius 2 is 2.14 bits per heavy atom. The Morgan fingerprint density at radius 3 is 2.93 bits per heavy atom. The monoisotopic (exact) mass is 389 g/mol. The first-order chi connectivity index (χ1) is 14.2. The number of nitriles is 1. The molecule has 0 saturated carbocycles. The average molecular weight is 389 g/mol. The Morgan fingerprint density at radius 1 is 1.24 bits per heavy atom. The second kappa shape index (κ2) is 8.86. The van der Waals surface area contributed by atoms with Crippen LogP contribution in [0, 0.1) is 11.3 Å². The predicted octanol–water partition coefficient (Wildman–Crippen LogP) is 4.17. The fourth-order valence-electron chi connectivity index (χ4n) is 3.67. The number of pyridine rings is 2. The summed E-state index contributed by atoms with van der Waals surface area (Å²) in [5.41, 5.74) is 2.24.